The Bertz CT molecular complexity index is 1030. The largest absolute Gasteiger partial charge is 0.391 e. The fourth-order valence-corrected chi connectivity index (χ4v) is 5.68. The molecular weight excluding hydrogens is 620 g/mol. The van der Waals surface area contributed by atoms with E-state index in [0.29, 0.717) is 84.0 Å². The van der Waals surface area contributed by atoms with Crippen LogP contribution in [0.5, 0.6) is 0 Å². The van der Waals surface area contributed by atoms with Crippen LogP contribution >= 0.6 is 0 Å². The summed E-state index contributed by atoms with van der Waals surface area (Å²) >= 11 is 0. The number of aliphatic hydroxyl groups excluding tert-OH is 1. The van der Waals surface area contributed by atoms with E-state index in [9.17, 15) is 33.9 Å². The highest BCUT2D eigenvalue weighted by molar-refractivity contribution is 5.96. The van der Waals surface area contributed by atoms with E-state index in [4.69, 9.17) is 11.5 Å². The van der Waals surface area contributed by atoms with Gasteiger partial charge in [-0.25, -0.2) is 0 Å². The van der Waals surface area contributed by atoms with Crippen molar-refractivity contribution in [2.75, 3.05) is 26.2 Å². The molecule has 0 aliphatic carbocycles. The molecule has 276 valence electrons. The zero-order valence-electron chi connectivity index (χ0n) is 29.5. The Morgan fingerprint density at radius 3 is 2.12 bits per heavy atom. The van der Waals surface area contributed by atoms with Crippen molar-refractivity contribution in [3.05, 3.63) is 0 Å². The van der Waals surface area contributed by atoms with Crippen molar-refractivity contribution < 1.29 is 33.9 Å². The molecule has 48 heavy (non-hydrogen) atoms. The van der Waals surface area contributed by atoms with Crippen LogP contribution in [0.3, 0.4) is 0 Å². The van der Waals surface area contributed by atoms with E-state index >= 15 is 0 Å². The summed E-state index contributed by atoms with van der Waals surface area (Å²) in [6.07, 6.45) is 5.77. The number of rotatable bonds is 24. The lowest BCUT2D eigenvalue weighted by atomic mass is 10.0. The van der Waals surface area contributed by atoms with Crippen molar-refractivity contribution in [3.8, 4) is 0 Å². The average molecular weight is 683 g/mol. The molecular formula is C33H62N8O7. The molecule has 10 N–H and O–H groups in total. The molecule has 1 aliphatic heterocycles. The number of nitrogens with two attached hydrogens (primary N) is 2. The summed E-state index contributed by atoms with van der Waals surface area (Å²) in [6.45, 7) is 8.42. The second kappa shape index (κ2) is 23.9. The van der Waals surface area contributed by atoms with Crippen LogP contribution < -0.4 is 38.1 Å². The van der Waals surface area contributed by atoms with Gasteiger partial charge in [-0.05, 0) is 91.1 Å². The number of likely N-dealkylation sites (tertiary alicyclic amines) is 1. The van der Waals surface area contributed by atoms with Crippen LogP contribution in [0.2, 0.25) is 0 Å². The predicted molar refractivity (Wildman–Crippen MR) is 183 cm³/mol. The minimum absolute atomic E-state index is 0.0842. The average Bonchev–Trinajstić information content (AvgIpc) is 3.53. The van der Waals surface area contributed by atoms with Gasteiger partial charge in [0.15, 0.2) is 0 Å². The van der Waals surface area contributed by atoms with Gasteiger partial charge in [0, 0.05) is 32.5 Å². The van der Waals surface area contributed by atoms with Crippen molar-refractivity contribution >= 4 is 35.4 Å². The number of hydrogen-bond acceptors (Lipinski definition) is 9. The Morgan fingerprint density at radius 2 is 1.50 bits per heavy atom. The summed E-state index contributed by atoms with van der Waals surface area (Å²) in [4.78, 5) is 78.9. The van der Waals surface area contributed by atoms with E-state index in [0.717, 1.165) is 12.8 Å². The van der Waals surface area contributed by atoms with Gasteiger partial charge in [-0.3, -0.25) is 28.8 Å². The van der Waals surface area contributed by atoms with Crippen LogP contribution in [0, 0.1) is 0 Å². The Balaban J connectivity index is 2.94. The Labute approximate surface area is 285 Å². The molecule has 0 saturated carbocycles. The molecule has 6 amide bonds. The van der Waals surface area contributed by atoms with Gasteiger partial charge < -0.3 is 48.1 Å². The highest BCUT2D eigenvalue weighted by Gasteiger charge is 2.38. The van der Waals surface area contributed by atoms with Gasteiger partial charge in [0.25, 0.3) is 0 Å². The van der Waals surface area contributed by atoms with Gasteiger partial charge in [0.1, 0.15) is 24.2 Å². The molecule has 15 heteroatoms. The Hall–Kier alpha value is -3.30. The topological polar surface area (TPSA) is 238 Å². The first-order chi connectivity index (χ1) is 22.9. The van der Waals surface area contributed by atoms with Crippen LogP contribution in [0.1, 0.15) is 111 Å². The van der Waals surface area contributed by atoms with Crippen LogP contribution in [-0.2, 0) is 28.8 Å². The molecule has 0 radical (unpaired) electrons. The molecule has 0 aromatic carbocycles. The van der Waals surface area contributed by atoms with Crippen molar-refractivity contribution in [1.82, 2.24) is 31.5 Å². The summed E-state index contributed by atoms with van der Waals surface area (Å²) in [5.74, 6) is -2.42. The number of nitrogens with one attached hydrogen (secondary N) is 5. The minimum atomic E-state index is -1.30. The second-order valence-corrected chi connectivity index (χ2v) is 12.8. The summed E-state index contributed by atoms with van der Waals surface area (Å²) in [5, 5.41) is 24.1. The van der Waals surface area contributed by atoms with E-state index in [2.05, 4.69) is 26.6 Å². The van der Waals surface area contributed by atoms with E-state index in [1.165, 1.54) is 18.7 Å². The van der Waals surface area contributed by atoms with Gasteiger partial charge in [-0.1, -0.05) is 19.8 Å². The maximum absolute atomic E-state index is 13.8. The number of carbonyl (C=O) groups excluding carboxylic acids is 6. The third-order valence-electron chi connectivity index (χ3n) is 8.38. The number of carbonyl (C=O) groups is 6. The quantitative estimate of drug-likeness (QED) is 0.0622. The minimum Gasteiger partial charge on any atom is -0.391 e. The highest BCUT2D eigenvalue weighted by atomic mass is 16.3. The van der Waals surface area contributed by atoms with Crippen molar-refractivity contribution in [3.63, 3.8) is 0 Å². The summed E-state index contributed by atoms with van der Waals surface area (Å²) in [6, 6.07) is -3.98. The lowest BCUT2D eigenvalue weighted by Gasteiger charge is -2.31. The standard InChI is InChI=1S/C33H62N8O7/c1-5-13-26(33(48)41-21-12-16-27(41)31(46)37-22(2)14-11-19-35)39-30(45)25(15-8-9-18-34)38-32(47)29(23(3)42)40-28(44)17-7-6-10-20-36-24(4)43/h22-23,25-27,29,42H,5-21,34-35H2,1-4H3,(H,36,43)(H,37,46)(H,38,47)(H,39,45)(H,40,44). The SMILES string of the molecule is CCCC(NC(=O)C(CCCCN)NC(=O)C(NC(=O)CCCCCNC(C)=O)C(C)O)C(=O)N1CCCC1C(=O)NC(C)CCCN. The lowest BCUT2D eigenvalue weighted by Crippen LogP contribution is -2.59. The molecule has 1 saturated heterocycles. The first-order valence-electron chi connectivity index (χ1n) is 17.7. The van der Waals surface area contributed by atoms with Crippen molar-refractivity contribution in [2.24, 2.45) is 11.5 Å². The van der Waals surface area contributed by atoms with Gasteiger partial charge in [-0.2, -0.15) is 0 Å². The Morgan fingerprint density at radius 1 is 0.812 bits per heavy atom. The van der Waals surface area contributed by atoms with E-state index in [1.807, 2.05) is 13.8 Å². The first-order valence-corrected chi connectivity index (χ1v) is 17.7. The van der Waals surface area contributed by atoms with Crippen molar-refractivity contribution in [1.29, 1.82) is 0 Å². The van der Waals surface area contributed by atoms with Gasteiger partial charge in [0.05, 0.1) is 6.10 Å². The van der Waals surface area contributed by atoms with Crippen LogP contribution in [0.4, 0.5) is 0 Å². The Kier molecular flexibility index (Phi) is 21.3. The number of hydrogen-bond donors (Lipinski definition) is 8. The number of nitrogens with zero attached hydrogens (tertiary/aromatic N) is 1. The van der Waals surface area contributed by atoms with Crippen LogP contribution in [0.15, 0.2) is 0 Å². The second-order valence-electron chi connectivity index (χ2n) is 12.8. The van der Waals surface area contributed by atoms with E-state index in [-0.39, 0.29) is 36.6 Å². The molecule has 0 bridgehead atoms. The fraction of sp³-hybridized carbons (Fsp3) is 0.818. The normalized spacial score (nSPS) is 17.4. The molecule has 1 heterocycles. The molecule has 0 spiro atoms. The third-order valence-corrected chi connectivity index (χ3v) is 8.38. The van der Waals surface area contributed by atoms with Crippen LogP contribution in [-0.4, -0.2) is 108 Å². The smallest absolute Gasteiger partial charge is 0.245 e. The number of amides is 6. The van der Waals surface area contributed by atoms with Gasteiger partial charge in [0.2, 0.25) is 35.4 Å². The third kappa shape index (κ3) is 16.2. The summed E-state index contributed by atoms with van der Waals surface area (Å²) in [5.41, 5.74) is 11.3. The molecule has 1 rings (SSSR count). The molecule has 6 atom stereocenters. The predicted octanol–water partition coefficient (Wildman–Crippen LogP) is -0.318. The fourth-order valence-electron chi connectivity index (χ4n) is 5.68. The van der Waals surface area contributed by atoms with Gasteiger partial charge >= 0.3 is 0 Å². The van der Waals surface area contributed by atoms with Crippen molar-refractivity contribution in [2.45, 2.75) is 147 Å². The van der Waals surface area contributed by atoms with E-state index < -0.39 is 48.0 Å². The zero-order valence-corrected chi connectivity index (χ0v) is 29.5. The maximum atomic E-state index is 13.8. The van der Waals surface area contributed by atoms with Crippen LogP contribution in [0.25, 0.3) is 0 Å². The molecule has 1 aliphatic rings. The summed E-state index contributed by atoms with van der Waals surface area (Å²) in [7, 11) is 0. The van der Waals surface area contributed by atoms with Gasteiger partial charge in [-0.15, -0.1) is 0 Å². The molecule has 15 nitrogen and oxygen atoms in total. The number of unbranched alkanes of at least 4 members (excludes halogenated alkanes) is 3. The monoisotopic (exact) mass is 682 g/mol. The highest BCUT2D eigenvalue weighted by Crippen LogP contribution is 2.20. The first kappa shape index (κ1) is 42.7. The number of aliphatic hydroxyl groups is 1. The van der Waals surface area contributed by atoms with E-state index in [1.54, 1.807) is 0 Å². The molecule has 0 aromatic rings. The maximum Gasteiger partial charge on any atom is 0.245 e. The molecule has 6 unspecified atom stereocenters. The molecule has 1 fully saturated rings. The summed E-state index contributed by atoms with van der Waals surface area (Å²) < 4.78 is 0. The zero-order chi connectivity index (χ0) is 36.1. The lowest BCUT2D eigenvalue weighted by molar-refractivity contribution is -0.142. The molecule has 0 aromatic heterocycles.